The van der Waals surface area contributed by atoms with Crippen molar-refractivity contribution in [3.8, 4) is 0 Å². The van der Waals surface area contributed by atoms with Gasteiger partial charge in [0.1, 0.15) is 17.0 Å². The van der Waals surface area contributed by atoms with Gasteiger partial charge >= 0.3 is 0 Å². The lowest BCUT2D eigenvalue weighted by molar-refractivity contribution is 0.684. The third-order valence-electron chi connectivity index (χ3n) is 3.82. The van der Waals surface area contributed by atoms with Gasteiger partial charge in [-0.15, -0.1) is 11.3 Å². The van der Waals surface area contributed by atoms with E-state index in [0.717, 1.165) is 17.2 Å². The van der Waals surface area contributed by atoms with Crippen LogP contribution in [0.25, 0.3) is 10.2 Å². The summed E-state index contributed by atoms with van der Waals surface area (Å²) in [5.41, 5.74) is 1.51. The smallest absolute Gasteiger partial charge is 0.138 e. The third-order valence-corrected chi connectivity index (χ3v) is 5.02. The Balaban J connectivity index is 1.75. The van der Waals surface area contributed by atoms with Gasteiger partial charge in [-0.05, 0) is 31.2 Å². The zero-order valence-electron chi connectivity index (χ0n) is 11.5. The van der Waals surface area contributed by atoms with Crippen LogP contribution in [0.3, 0.4) is 0 Å². The Hall–Kier alpha value is -1.16. The first-order valence-electron chi connectivity index (χ1n) is 7.39. The zero-order valence-corrected chi connectivity index (χ0v) is 12.4. The predicted molar refractivity (Wildman–Crippen MR) is 82.1 cm³/mol. The minimum absolute atomic E-state index is 1.02. The van der Waals surface area contributed by atoms with Gasteiger partial charge in [0.25, 0.3) is 0 Å². The van der Waals surface area contributed by atoms with Crippen LogP contribution in [0, 0.1) is 0 Å². The number of aryl methyl sites for hydroxylation is 2. The summed E-state index contributed by atoms with van der Waals surface area (Å²) >= 11 is 1.86. The van der Waals surface area contributed by atoms with Crippen LogP contribution in [-0.4, -0.2) is 16.5 Å². The summed E-state index contributed by atoms with van der Waals surface area (Å²) in [5, 5.41) is 4.82. The summed E-state index contributed by atoms with van der Waals surface area (Å²) in [4.78, 5) is 11.6. The molecule has 0 aromatic carbocycles. The molecule has 0 atom stereocenters. The molecule has 0 spiro atoms. The van der Waals surface area contributed by atoms with Crippen LogP contribution in [0.5, 0.6) is 0 Å². The Labute approximate surface area is 118 Å². The average Bonchev–Trinajstić information content (AvgIpc) is 2.98. The molecule has 0 radical (unpaired) electrons. The van der Waals surface area contributed by atoms with E-state index in [9.17, 15) is 0 Å². The van der Waals surface area contributed by atoms with Gasteiger partial charge in [-0.1, -0.05) is 26.2 Å². The second-order valence-corrected chi connectivity index (χ2v) is 6.33. The minimum Gasteiger partial charge on any atom is -0.369 e. The largest absolute Gasteiger partial charge is 0.369 e. The van der Waals surface area contributed by atoms with Gasteiger partial charge in [0, 0.05) is 11.4 Å². The lowest BCUT2D eigenvalue weighted by Crippen LogP contribution is -2.04. The molecule has 0 bridgehead atoms. The molecule has 4 heteroatoms. The van der Waals surface area contributed by atoms with E-state index in [-0.39, 0.29) is 0 Å². The highest BCUT2D eigenvalue weighted by Crippen LogP contribution is 2.38. The summed E-state index contributed by atoms with van der Waals surface area (Å²) in [6.07, 6.45) is 10.6. The van der Waals surface area contributed by atoms with Gasteiger partial charge < -0.3 is 5.32 Å². The Morgan fingerprint density at radius 2 is 2.16 bits per heavy atom. The van der Waals surface area contributed by atoms with Crippen LogP contribution >= 0.6 is 11.3 Å². The molecule has 3 nitrogen and oxygen atoms in total. The van der Waals surface area contributed by atoms with Crippen molar-refractivity contribution in [2.24, 2.45) is 0 Å². The van der Waals surface area contributed by atoms with Crippen molar-refractivity contribution in [2.75, 3.05) is 11.9 Å². The van der Waals surface area contributed by atoms with Gasteiger partial charge in [0.15, 0.2) is 0 Å². The van der Waals surface area contributed by atoms with Gasteiger partial charge in [-0.2, -0.15) is 0 Å². The van der Waals surface area contributed by atoms with Gasteiger partial charge in [-0.3, -0.25) is 0 Å². The van der Waals surface area contributed by atoms with Crippen LogP contribution < -0.4 is 5.32 Å². The van der Waals surface area contributed by atoms with Gasteiger partial charge in [0.05, 0.1) is 5.39 Å². The molecule has 1 aliphatic rings. The highest BCUT2D eigenvalue weighted by Gasteiger charge is 2.20. The Kier molecular flexibility index (Phi) is 3.97. The van der Waals surface area contributed by atoms with Crippen LogP contribution in [0.15, 0.2) is 6.33 Å². The van der Waals surface area contributed by atoms with E-state index in [4.69, 9.17) is 0 Å². The SMILES string of the molecule is CCCCCCNc1ncnc2sc3c(c12)CCC3. The molecule has 0 unspecified atom stereocenters. The molecule has 2 aromatic heterocycles. The van der Waals surface area contributed by atoms with Crippen molar-refractivity contribution in [1.29, 1.82) is 0 Å². The Bertz CT molecular complexity index is 562. The maximum absolute atomic E-state index is 4.46. The number of fused-ring (bicyclic) bond motifs is 3. The van der Waals surface area contributed by atoms with E-state index in [1.54, 1.807) is 6.33 Å². The zero-order chi connectivity index (χ0) is 13.1. The molecule has 3 rings (SSSR count). The van der Waals surface area contributed by atoms with Crippen molar-refractivity contribution in [3.63, 3.8) is 0 Å². The number of thiophene rings is 1. The van der Waals surface area contributed by atoms with Crippen molar-refractivity contribution in [1.82, 2.24) is 9.97 Å². The molecule has 19 heavy (non-hydrogen) atoms. The van der Waals surface area contributed by atoms with Crippen LogP contribution in [-0.2, 0) is 12.8 Å². The summed E-state index contributed by atoms with van der Waals surface area (Å²) in [5.74, 6) is 1.06. The number of hydrogen-bond acceptors (Lipinski definition) is 4. The number of rotatable bonds is 6. The normalized spacial score (nSPS) is 13.9. The molecule has 0 saturated carbocycles. The Morgan fingerprint density at radius 3 is 3.05 bits per heavy atom. The molecular weight excluding hydrogens is 254 g/mol. The van der Waals surface area contributed by atoms with E-state index in [1.807, 2.05) is 11.3 Å². The van der Waals surface area contributed by atoms with E-state index >= 15 is 0 Å². The molecule has 102 valence electrons. The molecule has 2 heterocycles. The van der Waals surface area contributed by atoms with Crippen molar-refractivity contribution in [2.45, 2.75) is 51.9 Å². The highest BCUT2D eigenvalue weighted by atomic mass is 32.1. The second kappa shape index (κ2) is 5.87. The number of nitrogens with zero attached hydrogens (tertiary/aromatic N) is 2. The highest BCUT2D eigenvalue weighted by molar-refractivity contribution is 7.19. The topological polar surface area (TPSA) is 37.8 Å². The van der Waals surface area contributed by atoms with E-state index in [2.05, 4.69) is 22.2 Å². The van der Waals surface area contributed by atoms with Crippen molar-refractivity contribution in [3.05, 3.63) is 16.8 Å². The molecule has 0 saturated heterocycles. The van der Waals surface area contributed by atoms with E-state index < -0.39 is 0 Å². The maximum atomic E-state index is 4.46. The van der Waals surface area contributed by atoms with Crippen LogP contribution in [0.2, 0.25) is 0 Å². The molecule has 1 N–H and O–H groups in total. The first-order valence-corrected chi connectivity index (χ1v) is 8.21. The Morgan fingerprint density at radius 1 is 1.21 bits per heavy atom. The van der Waals surface area contributed by atoms with Crippen LogP contribution in [0.4, 0.5) is 5.82 Å². The lowest BCUT2D eigenvalue weighted by Gasteiger charge is -2.07. The number of aromatic nitrogens is 2. The predicted octanol–water partition coefficient (Wildman–Crippen LogP) is 4.17. The number of unbranched alkanes of at least 4 members (excludes halogenated alkanes) is 3. The summed E-state index contributed by atoms with van der Waals surface area (Å²) in [7, 11) is 0. The average molecular weight is 275 g/mol. The van der Waals surface area contributed by atoms with E-state index in [0.29, 0.717) is 0 Å². The van der Waals surface area contributed by atoms with Crippen molar-refractivity contribution < 1.29 is 0 Å². The molecular formula is C15H21N3S. The molecule has 0 aliphatic heterocycles. The number of anilines is 1. The molecule has 0 amide bonds. The molecule has 0 fully saturated rings. The van der Waals surface area contributed by atoms with Gasteiger partial charge in [-0.25, -0.2) is 9.97 Å². The van der Waals surface area contributed by atoms with Crippen molar-refractivity contribution >= 4 is 27.4 Å². The lowest BCUT2D eigenvalue weighted by atomic mass is 10.2. The summed E-state index contributed by atoms with van der Waals surface area (Å²) in [6, 6.07) is 0. The minimum atomic E-state index is 1.02. The fourth-order valence-corrected chi connectivity index (χ4v) is 4.05. The van der Waals surface area contributed by atoms with Gasteiger partial charge in [0.2, 0.25) is 0 Å². The monoisotopic (exact) mass is 275 g/mol. The molecule has 1 aliphatic carbocycles. The number of hydrogen-bond donors (Lipinski definition) is 1. The number of nitrogens with one attached hydrogen (secondary N) is 1. The quantitative estimate of drug-likeness (QED) is 0.804. The second-order valence-electron chi connectivity index (χ2n) is 5.25. The fourth-order valence-electron chi connectivity index (χ4n) is 2.82. The summed E-state index contributed by atoms with van der Waals surface area (Å²) in [6.45, 7) is 3.27. The molecule has 2 aromatic rings. The standard InChI is InChI=1S/C15H21N3S/c1-2-3-4-5-9-16-14-13-11-7-6-8-12(11)19-15(13)18-10-17-14/h10H,2-9H2,1H3,(H,16,17,18). The van der Waals surface area contributed by atoms with E-state index in [1.165, 1.54) is 60.8 Å². The first kappa shape index (κ1) is 12.9. The first-order chi connectivity index (χ1) is 9.40. The fraction of sp³-hybridized carbons (Fsp3) is 0.600. The third kappa shape index (κ3) is 2.59. The summed E-state index contributed by atoms with van der Waals surface area (Å²) < 4.78 is 0. The van der Waals surface area contributed by atoms with Crippen LogP contribution in [0.1, 0.15) is 49.5 Å². The maximum Gasteiger partial charge on any atom is 0.138 e.